The summed E-state index contributed by atoms with van der Waals surface area (Å²) in [5.41, 5.74) is 2.76. The molecule has 1 nitrogen and oxygen atoms in total. The van der Waals surface area contributed by atoms with E-state index < -0.39 is 0 Å². The summed E-state index contributed by atoms with van der Waals surface area (Å²) in [4.78, 5) is 10.9. The minimum Gasteiger partial charge on any atom is -0.289 e. The third-order valence-electron chi connectivity index (χ3n) is 1.83. The highest BCUT2D eigenvalue weighted by molar-refractivity contribution is 6.08. The van der Waals surface area contributed by atoms with Gasteiger partial charge < -0.3 is 0 Å². The monoisotopic (exact) mass is 134 g/mol. The van der Waals surface area contributed by atoms with Crippen LogP contribution >= 0.6 is 0 Å². The number of ketones is 1. The van der Waals surface area contributed by atoms with E-state index in [1.54, 1.807) is 6.08 Å². The SMILES string of the molecule is C=C1C(=O)C=CC(C)=C1C. The average Bonchev–Trinajstić information content (AvgIpc) is 1.93. The van der Waals surface area contributed by atoms with E-state index >= 15 is 0 Å². The van der Waals surface area contributed by atoms with Crippen LogP contribution in [0.5, 0.6) is 0 Å². The molecule has 0 fully saturated rings. The van der Waals surface area contributed by atoms with Gasteiger partial charge in [0.25, 0.3) is 0 Å². The first-order chi connectivity index (χ1) is 4.63. The molecule has 1 aliphatic rings. The molecule has 0 bridgehead atoms. The van der Waals surface area contributed by atoms with E-state index in [1.165, 1.54) is 0 Å². The second kappa shape index (κ2) is 2.25. The summed E-state index contributed by atoms with van der Waals surface area (Å²) in [6, 6.07) is 0. The molecule has 0 unspecified atom stereocenters. The molecule has 10 heavy (non-hydrogen) atoms. The molecule has 0 aromatic heterocycles. The molecule has 1 heteroatoms. The Hall–Kier alpha value is -1.11. The van der Waals surface area contributed by atoms with Crippen LogP contribution in [0.4, 0.5) is 0 Å². The second-order valence-electron chi connectivity index (χ2n) is 2.48. The Kier molecular flexibility index (Phi) is 1.58. The predicted octanol–water partition coefficient (Wildman–Crippen LogP) is 2.02. The Labute approximate surface area is 60.7 Å². The number of hydrogen-bond acceptors (Lipinski definition) is 1. The van der Waals surface area contributed by atoms with Crippen molar-refractivity contribution in [3.8, 4) is 0 Å². The van der Waals surface area contributed by atoms with Gasteiger partial charge in [-0.25, -0.2) is 0 Å². The van der Waals surface area contributed by atoms with Crippen LogP contribution < -0.4 is 0 Å². The highest BCUT2D eigenvalue weighted by atomic mass is 16.1. The standard InChI is InChI=1S/C9H10O/c1-6-4-5-9(10)8(3)7(6)2/h4-5H,3H2,1-2H3. The molecular formula is C9H10O. The van der Waals surface area contributed by atoms with E-state index in [1.807, 2.05) is 19.9 Å². The third kappa shape index (κ3) is 0.947. The quantitative estimate of drug-likeness (QED) is 0.463. The Morgan fingerprint density at radius 2 is 1.90 bits per heavy atom. The molecule has 0 saturated heterocycles. The van der Waals surface area contributed by atoms with Crippen molar-refractivity contribution in [2.45, 2.75) is 13.8 Å². The lowest BCUT2D eigenvalue weighted by molar-refractivity contribution is -0.111. The Morgan fingerprint density at radius 3 is 2.40 bits per heavy atom. The molecular weight excluding hydrogens is 124 g/mol. The van der Waals surface area contributed by atoms with Crippen LogP contribution in [0.15, 0.2) is 35.5 Å². The summed E-state index contributed by atoms with van der Waals surface area (Å²) >= 11 is 0. The highest BCUT2D eigenvalue weighted by Gasteiger charge is 2.10. The van der Waals surface area contributed by atoms with E-state index in [2.05, 4.69) is 6.58 Å². The molecule has 0 amide bonds. The minimum absolute atomic E-state index is 0.0306. The molecule has 0 spiro atoms. The van der Waals surface area contributed by atoms with Crippen molar-refractivity contribution in [1.82, 2.24) is 0 Å². The maximum absolute atomic E-state index is 10.9. The first-order valence-corrected chi connectivity index (χ1v) is 3.22. The summed E-state index contributed by atoms with van der Waals surface area (Å²) in [6.45, 7) is 7.56. The normalized spacial score (nSPS) is 18.6. The molecule has 0 aliphatic heterocycles. The van der Waals surface area contributed by atoms with E-state index in [9.17, 15) is 4.79 Å². The molecule has 0 aromatic rings. The van der Waals surface area contributed by atoms with Gasteiger partial charge in [-0.2, -0.15) is 0 Å². The van der Waals surface area contributed by atoms with Gasteiger partial charge in [-0.05, 0) is 31.1 Å². The van der Waals surface area contributed by atoms with Gasteiger partial charge in [0.1, 0.15) is 0 Å². The molecule has 0 atom stereocenters. The van der Waals surface area contributed by atoms with Crippen molar-refractivity contribution in [2.75, 3.05) is 0 Å². The van der Waals surface area contributed by atoms with Crippen LogP contribution in [0.1, 0.15) is 13.8 Å². The van der Waals surface area contributed by atoms with Gasteiger partial charge >= 0.3 is 0 Å². The number of hydrogen-bond donors (Lipinski definition) is 0. The molecule has 0 radical (unpaired) electrons. The van der Waals surface area contributed by atoms with Crippen molar-refractivity contribution < 1.29 is 4.79 Å². The molecule has 1 aliphatic carbocycles. The molecule has 0 aromatic carbocycles. The molecule has 0 heterocycles. The fourth-order valence-electron chi connectivity index (χ4n) is 0.849. The van der Waals surface area contributed by atoms with E-state index in [0.717, 1.165) is 11.1 Å². The zero-order chi connectivity index (χ0) is 7.72. The predicted molar refractivity (Wildman–Crippen MR) is 41.7 cm³/mol. The summed E-state index contributed by atoms with van der Waals surface area (Å²) in [7, 11) is 0. The zero-order valence-electron chi connectivity index (χ0n) is 6.27. The van der Waals surface area contributed by atoms with Gasteiger partial charge in [0.15, 0.2) is 5.78 Å². The van der Waals surface area contributed by atoms with Crippen molar-refractivity contribution in [2.24, 2.45) is 0 Å². The lowest BCUT2D eigenvalue weighted by Gasteiger charge is -2.09. The van der Waals surface area contributed by atoms with Gasteiger partial charge in [-0.1, -0.05) is 12.7 Å². The maximum Gasteiger partial charge on any atom is 0.185 e. The Balaban J connectivity index is 3.11. The van der Waals surface area contributed by atoms with Crippen LogP contribution in [0.2, 0.25) is 0 Å². The maximum atomic E-state index is 10.9. The average molecular weight is 134 g/mol. The summed E-state index contributed by atoms with van der Waals surface area (Å²) in [6.07, 6.45) is 3.39. The van der Waals surface area contributed by atoms with E-state index in [0.29, 0.717) is 5.57 Å². The van der Waals surface area contributed by atoms with Crippen LogP contribution in [0.3, 0.4) is 0 Å². The minimum atomic E-state index is 0.0306. The summed E-state index contributed by atoms with van der Waals surface area (Å²) in [5.74, 6) is 0.0306. The fourth-order valence-corrected chi connectivity index (χ4v) is 0.849. The molecule has 1 rings (SSSR count). The topological polar surface area (TPSA) is 17.1 Å². The number of rotatable bonds is 0. The van der Waals surface area contributed by atoms with Gasteiger partial charge in [0.2, 0.25) is 0 Å². The lowest BCUT2D eigenvalue weighted by atomic mass is 9.95. The molecule has 0 N–H and O–H groups in total. The van der Waals surface area contributed by atoms with Gasteiger partial charge in [-0.3, -0.25) is 4.79 Å². The number of carbonyl (C=O) groups is 1. The first-order valence-electron chi connectivity index (χ1n) is 3.22. The van der Waals surface area contributed by atoms with Crippen LogP contribution in [-0.4, -0.2) is 5.78 Å². The van der Waals surface area contributed by atoms with Crippen molar-refractivity contribution in [3.63, 3.8) is 0 Å². The van der Waals surface area contributed by atoms with Crippen molar-refractivity contribution in [1.29, 1.82) is 0 Å². The second-order valence-corrected chi connectivity index (χ2v) is 2.48. The van der Waals surface area contributed by atoms with Crippen LogP contribution in [0.25, 0.3) is 0 Å². The number of allylic oxidation sites excluding steroid dienone is 5. The lowest BCUT2D eigenvalue weighted by Crippen LogP contribution is -2.03. The van der Waals surface area contributed by atoms with E-state index in [4.69, 9.17) is 0 Å². The molecule has 52 valence electrons. The molecule has 0 saturated carbocycles. The summed E-state index contributed by atoms with van der Waals surface area (Å²) < 4.78 is 0. The van der Waals surface area contributed by atoms with E-state index in [-0.39, 0.29) is 5.78 Å². The smallest absolute Gasteiger partial charge is 0.185 e. The van der Waals surface area contributed by atoms with Gasteiger partial charge in [0.05, 0.1) is 0 Å². The Bertz CT molecular complexity index is 254. The first kappa shape index (κ1) is 7.00. The highest BCUT2D eigenvalue weighted by Crippen LogP contribution is 2.19. The van der Waals surface area contributed by atoms with Crippen molar-refractivity contribution >= 4 is 5.78 Å². The van der Waals surface area contributed by atoms with Gasteiger partial charge in [-0.15, -0.1) is 0 Å². The Morgan fingerprint density at radius 1 is 1.30 bits per heavy atom. The van der Waals surface area contributed by atoms with Crippen molar-refractivity contribution in [3.05, 3.63) is 35.5 Å². The van der Waals surface area contributed by atoms with Crippen LogP contribution in [0, 0.1) is 0 Å². The summed E-state index contributed by atoms with van der Waals surface area (Å²) in [5, 5.41) is 0. The van der Waals surface area contributed by atoms with Crippen LogP contribution in [-0.2, 0) is 4.79 Å². The van der Waals surface area contributed by atoms with Gasteiger partial charge in [0, 0.05) is 5.57 Å². The fraction of sp³-hybridized carbons (Fsp3) is 0.222. The zero-order valence-corrected chi connectivity index (χ0v) is 6.27. The number of carbonyl (C=O) groups excluding carboxylic acids is 1. The largest absolute Gasteiger partial charge is 0.289 e. The third-order valence-corrected chi connectivity index (χ3v) is 1.83.